The van der Waals surface area contributed by atoms with Crippen LogP contribution >= 0.6 is 0 Å². The number of carbonyl (C=O) groups excluding carboxylic acids is 2. The normalized spacial score (nSPS) is 13.4. The fraction of sp³-hybridized carbons (Fsp3) is 0.750. The van der Waals surface area contributed by atoms with Gasteiger partial charge in [-0.1, -0.05) is 13.0 Å². The van der Waals surface area contributed by atoms with Gasteiger partial charge in [0.1, 0.15) is 0 Å². The molecule has 0 aromatic rings. The summed E-state index contributed by atoms with van der Waals surface area (Å²) < 4.78 is 46.7. The number of hydrogen-bond donors (Lipinski definition) is 1. The fourth-order valence-electron chi connectivity index (χ4n) is 2.77. The Morgan fingerprint density at radius 3 is 2.21 bits per heavy atom. The summed E-state index contributed by atoms with van der Waals surface area (Å²) in [6.45, 7) is 5.45. The highest BCUT2D eigenvalue weighted by Gasteiger charge is 2.37. The molecule has 168 valence electrons. The molecule has 0 aliphatic rings. The van der Waals surface area contributed by atoms with E-state index in [1.807, 2.05) is 0 Å². The second kappa shape index (κ2) is 14.0. The Labute approximate surface area is 169 Å². The van der Waals surface area contributed by atoms with E-state index in [0.29, 0.717) is 25.7 Å². The fourth-order valence-corrected chi connectivity index (χ4v) is 2.77. The number of ether oxygens (including phenoxy) is 2. The lowest BCUT2D eigenvalue weighted by molar-refractivity contribution is -0.160. The molecule has 0 aromatic carbocycles. The lowest BCUT2D eigenvalue weighted by Crippen LogP contribution is -2.34. The highest BCUT2D eigenvalue weighted by atomic mass is 19.4. The minimum atomic E-state index is -4.18. The van der Waals surface area contributed by atoms with Crippen LogP contribution in [0, 0.1) is 5.41 Å². The summed E-state index contributed by atoms with van der Waals surface area (Å²) in [5, 5.41) is 8.55. The summed E-state index contributed by atoms with van der Waals surface area (Å²) in [5.74, 6) is -2.01. The minimum absolute atomic E-state index is 0.00947. The van der Waals surface area contributed by atoms with Crippen LogP contribution in [0.3, 0.4) is 0 Å². The van der Waals surface area contributed by atoms with Gasteiger partial charge in [-0.25, -0.2) is 0 Å². The van der Waals surface area contributed by atoms with Crippen molar-refractivity contribution >= 4 is 17.9 Å². The summed E-state index contributed by atoms with van der Waals surface area (Å²) in [6.07, 6.45) is -1.84. The Hall–Kier alpha value is -2.06. The average molecular weight is 424 g/mol. The molecule has 29 heavy (non-hydrogen) atoms. The van der Waals surface area contributed by atoms with Gasteiger partial charge < -0.3 is 14.6 Å². The van der Waals surface area contributed by atoms with E-state index in [9.17, 15) is 27.6 Å². The molecule has 0 aliphatic carbocycles. The lowest BCUT2D eigenvalue weighted by atomic mass is 9.79. The molecular weight excluding hydrogens is 393 g/mol. The second-order valence-electron chi connectivity index (χ2n) is 6.91. The molecular formula is C20H31F3O6. The highest BCUT2D eigenvalue weighted by Crippen LogP contribution is 2.33. The number of halogens is 3. The first kappa shape index (κ1) is 26.9. The van der Waals surface area contributed by atoms with Gasteiger partial charge >= 0.3 is 24.1 Å². The zero-order valence-electron chi connectivity index (χ0n) is 16.9. The van der Waals surface area contributed by atoms with Gasteiger partial charge in [0.15, 0.2) is 0 Å². The van der Waals surface area contributed by atoms with Crippen molar-refractivity contribution in [3.63, 3.8) is 0 Å². The molecule has 6 nitrogen and oxygen atoms in total. The lowest BCUT2D eigenvalue weighted by Gasteiger charge is -2.29. The maximum absolute atomic E-state index is 12.5. The molecule has 0 heterocycles. The van der Waals surface area contributed by atoms with Gasteiger partial charge in [0.2, 0.25) is 0 Å². The van der Waals surface area contributed by atoms with Crippen molar-refractivity contribution in [1.82, 2.24) is 0 Å². The maximum Gasteiger partial charge on any atom is 0.389 e. The SMILES string of the molecule is C=CCC(CC)(CCOC(=O)CCCC(=O)O)C(=O)OCCCCCC(F)(F)F. The van der Waals surface area contributed by atoms with Gasteiger partial charge in [-0.15, -0.1) is 6.58 Å². The number of carboxylic acids is 1. The Morgan fingerprint density at radius 2 is 1.66 bits per heavy atom. The summed E-state index contributed by atoms with van der Waals surface area (Å²) in [4.78, 5) is 34.6. The van der Waals surface area contributed by atoms with Crippen LogP contribution in [0.1, 0.15) is 71.1 Å². The van der Waals surface area contributed by atoms with E-state index in [1.165, 1.54) is 0 Å². The predicted molar refractivity (Wildman–Crippen MR) is 100 cm³/mol. The van der Waals surface area contributed by atoms with Gasteiger partial charge in [0, 0.05) is 19.3 Å². The Balaban J connectivity index is 4.41. The van der Waals surface area contributed by atoms with E-state index in [2.05, 4.69) is 6.58 Å². The van der Waals surface area contributed by atoms with E-state index in [-0.39, 0.29) is 45.3 Å². The number of carbonyl (C=O) groups is 3. The number of rotatable bonds is 16. The van der Waals surface area contributed by atoms with Crippen molar-refractivity contribution < 1.29 is 42.1 Å². The molecule has 0 amide bonds. The third-order valence-corrected chi connectivity index (χ3v) is 4.60. The predicted octanol–water partition coefficient (Wildman–Crippen LogP) is 4.81. The van der Waals surface area contributed by atoms with Gasteiger partial charge in [-0.3, -0.25) is 14.4 Å². The summed E-state index contributed by atoms with van der Waals surface area (Å²) in [7, 11) is 0. The van der Waals surface area contributed by atoms with E-state index >= 15 is 0 Å². The zero-order chi connectivity index (χ0) is 22.3. The molecule has 0 saturated carbocycles. The topological polar surface area (TPSA) is 89.9 Å². The zero-order valence-corrected chi connectivity index (χ0v) is 16.9. The summed E-state index contributed by atoms with van der Waals surface area (Å²) in [5.41, 5.74) is -0.922. The quantitative estimate of drug-likeness (QED) is 0.217. The van der Waals surface area contributed by atoms with Crippen molar-refractivity contribution in [3.8, 4) is 0 Å². The molecule has 1 atom stereocenters. The molecule has 0 aromatic heterocycles. The number of aliphatic carboxylic acids is 1. The molecule has 0 spiro atoms. The van der Waals surface area contributed by atoms with Crippen LogP contribution in [0.5, 0.6) is 0 Å². The summed E-state index contributed by atoms with van der Waals surface area (Å²) >= 11 is 0. The van der Waals surface area contributed by atoms with Crippen LogP contribution in [0.4, 0.5) is 13.2 Å². The van der Waals surface area contributed by atoms with Crippen LogP contribution in [-0.2, 0) is 23.9 Å². The van der Waals surface area contributed by atoms with Crippen LogP contribution in [0.25, 0.3) is 0 Å². The van der Waals surface area contributed by atoms with E-state index in [0.717, 1.165) is 0 Å². The number of carboxylic acid groups (broad SMARTS) is 1. The van der Waals surface area contributed by atoms with E-state index in [4.69, 9.17) is 14.6 Å². The molecule has 0 fully saturated rings. The average Bonchev–Trinajstić information content (AvgIpc) is 2.62. The third kappa shape index (κ3) is 12.9. The number of unbranched alkanes of at least 4 members (excludes halogenated alkanes) is 2. The molecule has 0 radical (unpaired) electrons. The first-order valence-corrected chi connectivity index (χ1v) is 9.78. The first-order chi connectivity index (χ1) is 13.6. The highest BCUT2D eigenvalue weighted by molar-refractivity contribution is 5.77. The number of esters is 2. The van der Waals surface area contributed by atoms with Gasteiger partial charge in [0.05, 0.1) is 18.6 Å². The van der Waals surface area contributed by atoms with Crippen molar-refractivity contribution in [1.29, 1.82) is 0 Å². The molecule has 9 heteroatoms. The largest absolute Gasteiger partial charge is 0.481 e. The number of alkyl halides is 3. The van der Waals surface area contributed by atoms with Crippen molar-refractivity contribution in [3.05, 3.63) is 12.7 Å². The van der Waals surface area contributed by atoms with Gasteiger partial charge in [-0.2, -0.15) is 13.2 Å². The molecule has 0 bridgehead atoms. The third-order valence-electron chi connectivity index (χ3n) is 4.60. The molecule has 1 unspecified atom stereocenters. The van der Waals surface area contributed by atoms with E-state index in [1.54, 1.807) is 13.0 Å². The minimum Gasteiger partial charge on any atom is -0.481 e. The van der Waals surface area contributed by atoms with Crippen LogP contribution in [-0.4, -0.2) is 42.4 Å². The van der Waals surface area contributed by atoms with Crippen LogP contribution < -0.4 is 0 Å². The summed E-state index contributed by atoms with van der Waals surface area (Å²) in [6, 6.07) is 0. The monoisotopic (exact) mass is 424 g/mol. The molecule has 0 rings (SSSR count). The van der Waals surface area contributed by atoms with Gasteiger partial charge in [0.25, 0.3) is 0 Å². The van der Waals surface area contributed by atoms with Gasteiger partial charge in [-0.05, 0) is 44.9 Å². The van der Waals surface area contributed by atoms with Crippen LogP contribution in [0.15, 0.2) is 12.7 Å². The molecule has 0 saturated heterocycles. The van der Waals surface area contributed by atoms with E-state index < -0.39 is 35.9 Å². The standard InChI is InChI=1S/C20H31F3O6/c1-3-11-19(4-2,13-15-28-17(26)10-8-9-16(24)25)18(27)29-14-7-5-6-12-20(21,22)23/h3H,1,4-15H2,2H3,(H,24,25). The molecule has 1 N–H and O–H groups in total. The van der Waals surface area contributed by atoms with Crippen LogP contribution in [0.2, 0.25) is 0 Å². The molecule has 0 aliphatic heterocycles. The smallest absolute Gasteiger partial charge is 0.389 e. The first-order valence-electron chi connectivity index (χ1n) is 9.78. The Morgan fingerprint density at radius 1 is 0.966 bits per heavy atom. The van der Waals surface area contributed by atoms with Crippen molar-refractivity contribution in [2.45, 2.75) is 77.3 Å². The van der Waals surface area contributed by atoms with Crippen molar-refractivity contribution in [2.24, 2.45) is 5.41 Å². The Bertz CT molecular complexity index is 533. The Kier molecular flexibility index (Phi) is 13.0. The number of allylic oxidation sites excluding steroid dienone is 1. The maximum atomic E-state index is 12.5. The number of hydrogen-bond acceptors (Lipinski definition) is 5. The van der Waals surface area contributed by atoms with Crippen molar-refractivity contribution in [2.75, 3.05) is 13.2 Å². The second-order valence-corrected chi connectivity index (χ2v) is 6.91.